The largest absolute Gasteiger partial charge is 0.489 e. The normalized spacial score (nSPS) is 14.8. The molecule has 1 aromatic heterocycles. The molecule has 286 valence electrons. The highest BCUT2D eigenvalue weighted by Gasteiger charge is 2.34. The number of nitrogens with zero attached hydrogens (tertiary/aromatic N) is 3. The number of fused-ring (bicyclic) bond motifs is 1. The summed E-state index contributed by atoms with van der Waals surface area (Å²) in [5, 5.41) is 26.9. The number of amides is 1. The van der Waals surface area contributed by atoms with E-state index in [1.165, 1.54) is 30.6 Å². The number of cyclic esters (lactones) is 1. The molecule has 1 atom stereocenters. The number of nitrogens with one attached hydrogen (secondary N) is 3. The van der Waals surface area contributed by atoms with Gasteiger partial charge in [-0.2, -0.15) is 0 Å². The van der Waals surface area contributed by atoms with E-state index in [2.05, 4.69) is 25.9 Å². The standard InChI is InChI=1S/C27H29ClFN5O5.C8H17NO3.ClH/c1-27(2)15-39-25(36)14-34(27)8-4-5-24(35)33-22-12-18-21(13-23(22)38-10-9-37-3)30-16-31-26(18)32-17-6-7-20(29)19(28)11-17;1-4-6(7(11)12)9-8(2,3)5-10;/h4-7,11-13,16H,8-10,14-15H2,1-3H3,(H,33,35)(H,30,31,32);6,9-10H,4-5H2,1-3H3,(H,11,12);1H/b5-4+;;. The molecule has 5 N–H and O–H groups in total. The van der Waals surface area contributed by atoms with Gasteiger partial charge in [0, 0.05) is 42.4 Å². The highest BCUT2D eigenvalue weighted by atomic mass is 35.5. The molecule has 0 spiro atoms. The lowest BCUT2D eigenvalue weighted by Gasteiger charge is -2.40. The average Bonchev–Trinajstić information content (AvgIpc) is 3.07. The van der Waals surface area contributed by atoms with Crippen molar-refractivity contribution in [3.63, 3.8) is 0 Å². The topological polar surface area (TPSA) is 184 Å². The number of aliphatic hydroxyl groups excluding tert-OH is 1. The van der Waals surface area contributed by atoms with Gasteiger partial charge in [0.1, 0.15) is 43.0 Å². The molecule has 1 fully saturated rings. The van der Waals surface area contributed by atoms with Crippen LogP contribution in [0.4, 0.5) is 21.6 Å². The summed E-state index contributed by atoms with van der Waals surface area (Å²) < 4.78 is 29.7. The number of halogens is 3. The van der Waals surface area contributed by atoms with Crippen LogP contribution in [0.15, 0.2) is 48.8 Å². The zero-order chi connectivity index (χ0) is 37.8. The van der Waals surface area contributed by atoms with Crippen molar-refractivity contribution >= 4 is 69.9 Å². The highest BCUT2D eigenvalue weighted by Crippen LogP contribution is 2.34. The van der Waals surface area contributed by atoms with Crippen LogP contribution in [0.5, 0.6) is 5.75 Å². The first-order valence-corrected chi connectivity index (χ1v) is 16.6. The number of morpholine rings is 1. The molecule has 4 rings (SSSR count). The first-order valence-electron chi connectivity index (χ1n) is 16.2. The quantitative estimate of drug-likeness (QED) is 0.0796. The number of carbonyl (C=O) groups is 3. The number of aromatic nitrogens is 2. The third-order valence-electron chi connectivity index (χ3n) is 7.75. The van der Waals surface area contributed by atoms with Crippen LogP contribution in [-0.2, 0) is 23.9 Å². The van der Waals surface area contributed by atoms with Crippen molar-refractivity contribution in [2.45, 2.75) is 58.2 Å². The Hall–Kier alpha value is -4.12. The highest BCUT2D eigenvalue weighted by molar-refractivity contribution is 6.31. The van der Waals surface area contributed by atoms with E-state index in [1.54, 1.807) is 46.1 Å². The molecule has 0 bridgehead atoms. The van der Waals surface area contributed by atoms with E-state index in [1.807, 2.05) is 18.7 Å². The summed E-state index contributed by atoms with van der Waals surface area (Å²) in [6, 6.07) is 7.05. The second-order valence-corrected chi connectivity index (χ2v) is 13.3. The lowest BCUT2D eigenvalue weighted by Crippen LogP contribution is -2.54. The summed E-state index contributed by atoms with van der Waals surface area (Å²) >= 11 is 5.92. The third-order valence-corrected chi connectivity index (χ3v) is 8.04. The van der Waals surface area contributed by atoms with Crippen LogP contribution in [0.3, 0.4) is 0 Å². The molecular weight excluding hydrogens is 722 g/mol. The van der Waals surface area contributed by atoms with Crippen molar-refractivity contribution in [3.05, 3.63) is 59.7 Å². The first-order chi connectivity index (χ1) is 24.1. The Morgan fingerprint density at radius 2 is 1.94 bits per heavy atom. The Morgan fingerprint density at radius 1 is 1.21 bits per heavy atom. The average molecular weight is 770 g/mol. The minimum atomic E-state index is -0.876. The molecule has 1 unspecified atom stereocenters. The van der Waals surface area contributed by atoms with Crippen LogP contribution in [0.2, 0.25) is 5.02 Å². The molecular formula is C35H47Cl2FN6O8. The molecule has 0 radical (unpaired) electrons. The summed E-state index contributed by atoms with van der Waals surface area (Å²) in [5.41, 5.74) is 0.609. The van der Waals surface area contributed by atoms with E-state index in [0.717, 1.165) is 0 Å². The molecule has 52 heavy (non-hydrogen) atoms. The number of ether oxygens (including phenoxy) is 3. The molecule has 3 aromatic rings. The van der Waals surface area contributed by atoms with Crippen LogP contribution in [0, 0.1) is 5.82 Å². The first kappa shape index (κ1) is 44.0. The number of benzene rings is 2. The van der Waals surface area contributed by atoms with Crippen molar-refractivity contribution in [1.29, 1.82) is 0 Å². The fourth-order valence-electron chi connectivity index (χ4n) is 4.74. The minimum Gasteiger partial charge on any atom is -0.489 e. The fraction of sp³-hybridized carbons (Fsp3) is 0.457. The second-order valence-electron chi connectivity index (χ2n) is 12.9. The van der Waals surface area contributed by atoms with Crippen LogP contribution in [-0.4, -0.2) is 107 Å². The van der Waals surface area contributed by atoms with E-state index in [4.69, 9.17) is 36.0 Å². The lowest BCUT2D eigenvalue weighted by atomic mass is 10.0. The summed E-state index contributed by atoms with van der Waals surface area (Å²) in [5.74, 6) is -1.27. The number of hydrogen-bond donors (Lipinski definition) is 5. The number of carboxylic acids is 1. The van der Waals surface area contributed by atoms with Crippen molar-refractivity contribution < 1.29 is 43.2 Å². The maximum absolute atomic E-state index is 13.6. The Morgan fingerprint density at radius 3 is 2.58 bits per heavy atom. The molecule has 14 nitrogen and oxygen atoms in total. The van der Waals surface area contributed by atoms with Gasteiger partial charge in [0.2, 0.25) is 5.91 Å². The number of methoxy groups -OCH3 is 1. The number of carbonyl (C=O) groups excluding carboxylic acids is 2. The lowest BCUT2D eigenvalue weighted by molar-refractivity contribution is -0.159. The maximum atomic E-state index is 13.6. The Labute approximate surface area is 313 Å². The van der Waals surface area contributed by atoms with Gasteiger partial charge in [-0.25, -0.2) is 14.4 Å². The summed E-state index contributed by atoms with van der Waals surface area (Å²) in [4.78, 5) is 45.7. The molecule has 1 aliphatic rings. The van der Waals surface area contributed by atoms with Gasteiger partial charge in [0.05, 0.1) is 41.5 Å². The second kappa shape index (κ2) is 20.2. The van der Waals surface area contributed by atoms with E-state index >= 15 is 0 Å². The van der Waals surface area contributed by atoms with Crippen LogP contribution in [0.1, 0.15) is 41.0 Å². The summed E-state index contributed by atoms with van der Waals surface area (Å²) in [6.45, 7) is 10.6. The number of aliphatic carboxylic acids is 1. The van der Waals surface area contributed by atoms with Gasteiger partial charge in [0.25, 0.3) is 0 Å². The van der Waals surface area contributed by atoms with Crippen molar-refractivity contribution in [2.75, 3.05) is 57.3 Å². The SMILES string of the molecule is CCC(NC(C)(C)CO)C(=O)O.COCCOc1cc2ncnc(Nc3ccc(F)c(Cl)c3)c2cc1NC(=O)/C=C/CN1CC(=O)OCC1(C)C.Cl. The number of hydrogen-bond acceptors (Lipinski definition) is 12. The monoisotopic (exact) mass is 768 g/mol. The minimum absolute atomic E-state index is 0. The van der Waals surface area contributed by atoms with E-state index < -0.39 is 23.4 Å². The predicted octanol–water partition coefficient (Wildman–Crippen LogP) is 4.96. The van der Waals surface area contributed by atoms with Crippen molar-refractivity contribution in [1.82, 2.24) is 20.2 Å². The van der Waals surface area contributed by atoms with Gasteiger partial charge in [-0.15, -0.1) is 12.4 Å². The molecule has 1 aliphatic heterocycles. The summed E-state index contributed by atoms with van der Waals surface area (Å²) in [6.07, 6.45) is 4.99. The molecule has 0 aliphatic carbocycles. The molecule has 1 amide bonds. The predicted molar refractivity (Wildman–Crippen MR) is 199 cm³/mol. The van der Waals surface area contributed by atoms with Crippen LogP contribution < -0.4 is 20.7 Å². The Bertz CT molecular complexity index is 1710. The zero-order valence-electron chi connectivity index (χ0n) is 30.0. The van der Waals surface area contributed by atoms with Gasteiger partial charge >= 0.3 is 11.9 Å². The third kappa shape index (κ3) is 13.1. The number of carboxylic acid groups (broad SMARTS) is 1. The van der Waals surface area contributed by atoms with Crippen molar-refractivity contribution in [2.24, 2.45) is 0 Å². The fourth-order valence-corrected chi connectivity index (χ4v) is 4.92. The number of esters is 1. The van der Waals surface area contributed by atoms with E-state index in [-0.39, 0.29) is 61.2 Å². The van der Waals surface area contributed by atoms with Crippen LogP contribution >= 0.6 is 24.0 Å². The molecule has 2 heterocycles. The maximum Gasteiger partial charge on any atom is 0.320 e. The molecule has 0 saturated carbocycles. The van der Waals surface area contributed by atoms with Gasteiger partial charge in [0.15, 0.2) is 0 Å². The van der Waals surface area contributed by atoms with E-state index in [9.17, 15) is 18.8 Å². The van der Waals surface area contributed by atoms with Crippen LogP contribution in [0.25, 0.3) is 10.9 Å². The summed E-state index contributed by atoms with van der Waals surface area (Å²) in [7, 11) is 1.56. The number of aliphatic hydroxyl groups is 1. The zero-order valence-corrected chi connectivity index (χ0v) is 31.6. The van der Waals surface area contributed by atoms with Gasteiger partial charge < -0.3 is 35.1 Å². The van der Waals surface area contributed by atoms with Gasteiger partial charge in [-0.1, -0.05) is 24.6 Å². The molecule has 1 saturated heterocycles. The van der Waals surface area contributed by atoms with E-state index in [0.29, 0.717) is 53.4 Å². The smallest absolute Gasteiger partial charge is 0.320 e. The Kier molecular flexibility index (Phi) is 17.1. The number of anilines is 3. The van der Waals surface area contributed by atoms with Gasteiger partial charge in [-0.05, 0) is 58.4 Å². The van der Waals surface area contributed by atoms with Crippen molar-refractivity contribution in [3.8, 4) is 5.75 Å². The molecule has 17 heteroatoms. The Balaban J connectivity index is 0.000000619. The molecule has 2 aromatic carbocycles. The van der Waals surface area contributed by atoms with Gasteiger partial charge in [-0.3, -0.25) is 24.6 Å². The number of rotatable bonds is 15.